The van der Waals surface area contributed by atoms with E-state index in [1.165, 1.54) is 0 Å². The second-order valence-electron chi connectivity index (χ2n) is 3.78. The minimum absolute atomic E-state index is 0.164. The van der Waals surface area contributed by atoms with Gasteiger partial charge in [0.1, 0.15) is 5.75 Å². The Balaban J connectivity index is 2.29. The van der Waals surface area contributed by atoms with E-state index in [2.05, 4.69) is 4.98 Å². The molecule has 0 aliphatic rings. The van der Waals surface area contributed by atoms with Crippen LogP contribution in [0.3, 0.4) is 0 Å². The summed E-state index contributed by atoms with van der Waals surface area (Å²) in [6.07, 6.45) is 4.26. The van der Waals surface area contributed by atoms with Crippen LogP contribution in [0.4, 0.5) is 0 Å². The Labute approximate surface area is 78.9 Å². The first-order valence-corrected chi connectivity index (χ1v) is 4.40. The molecular weight excluding hydrogens is 164 g/mol. The number of hydrogen-bond donors (Lipinski definition) is 1. The Bertz CT molecular complexity index is 241. The molecule has 1 aromatic heterocycles. The van der Waals surface area contributed by atoms with Crippen molar-refractivity contribution in [3.8, 4) is 5.75 Å². The minimum Gasteiger partial charge on any atom is -0.492 e. The summed E-state index contributed by atoms with van der Waals surface area (Å²) >= 11 is 0. The van der Waals surface area contributed by atoms with Gasteiger partial charge in [-0.25, -0.2) is 0 Å². The highest BCUT2D eigenvalue weighted by Crippen LogP contribution is 2.09. The highest BCUT2D eigenvalue weighted by Gasteiger charge is 2.09. The van der Waals surface area contributed by atoms with E-state index in [0.29, 0.717) is 6.61 Å². The van der Waals surface area contributed by atoms with Crippen molar-refractivity contribution >= 4 is 0 Å². The fourth-order valence-corrected chi connectivity index (χ4v) is 0.864. The highest BCUT2D eigenvalue weighted by atomic mass is 16.5. The van der Waals surface area contributed by atoms with Crippen molar-refractivity contribution in [3.05, 3.63) is 24.5 Å². The maximum absolute atomic E-state index is 5.80. The second-order valence-corrected chi connectivity index (χ2v) is 3.78. The molecule has 3 heteroatoms. The summed E-state index contributed by atoms with van der Waals surface area (Å²) in [4.78, 5) is 3.94. The summed E-state index contributed by atoms with van der Waals surface area (Å²) in [7, 11) is 0. The Morgan fingerprint density at radius 3 is 2.85 bits per heavy atom. The lowest BCUT2D eigenvalue weighted by Gasteiger charge is -2.18. The third-order valence-corrected chi connectivity index (χ3v) is 1.65. The number of ether oxygens (including phenoxy) is 1. The number of rotatable bonds is 4. The van der Waals surface area contributed by atoms with E-state index in [-0.39, 0.29) is 5.54 Å². The summed E-state index contributed by atoms with van der Waals surface area (Å²) in [6.45, 7) is 4.61. The number of hydrogen-bond acceptors (Lipinski definition) is 3. The van der Waals surface area contributed by atoms with Gasteiger partial charge in [0.15, 0.2) is 0 Å². The Kier molecular flexibility index (Phi) is 3.25. The molecule has 0 unspecified atom stereocenters. The van der Waals surface area contributed by atoms with Crippen LogP contribution in [0.1, 0.15) is 20.3 Å². The molecule has 3 nitrogen and oxygen atoms in total. The number of pyridine rings is 1. The molecule has 1 rings (SSSR count). The summed E-state index contributed by atoms with van der Waals surface area (Å²) < 4.78 is 5.44. The zero-order valence-corrected chi connectivity index (χ0v) is 8.16. The molecule has 1 heterocycles. The molecule has 0 radical (unpaired) electrons. The highest BCUT2D eigenvalue weighted by molar-refractivity contribution is 5.15. The van der Waals surface area contributed by atoms with Gasteiger partial charge >= 0.3 is 0 Å². The van der Waals surface area contributed by atoms with Crippen molar-refractivity contribution in [3.63, 3.8) is 0 Å². The number of nitrogens with zero attached hydrogens (tertiary/aromatic N) is 1. The molecule has 0 aromatic carbocycles. The van der Waals surface area contributed by atoms with Gasteiger partial charge < -0.3 is 10.5 Å². The molecule has 0 saturated carbocycles. The van der Waals surface area contributed by atoms with Crippen molar-refractivity contribution in [1.29, 1.82) is 0 Å². The first-order chi connectivity index (χ1) is 6.08. The fraction of sp³-hybridized carbons (Fsp3) is 0.500. The zero-order valence-electron chi connectivity index (χ0n) is 8.16. The van der Waals surface area contributed by atoms with Crippen LogP contribution >= 0.6 is 0 Å². The quantitative estimate of drug-likeness (QED) is 0.765. The Morgan fingerprint density at radius 1 is 1.54 bits per heavy atom. The molecule has 0 bridgehead atoms. The van der Waals surface area contributed by atoms with Crippen molar-refractivity contribution < 1.29 is 4.74 Å². The smallest absolute Gasteiger partial charge is 0.137 e. The second kappa shape index (κ2) is 4.23. The van der Waals surface area contributed by atoms with Gasteiger partial charge in [0, 0.05) is 11.7 Å². The molecule has 1 aromatic rings. The van der Waals surface area contributed by atoms with Gasteiger partial charge in [0.25, 0.3) is 0 Å². The molecule has 0 saturated heterocycles. The lowest BCUT2D eigenvalue weighted by molar-refractivity contribution is 0.273. The first-order valence-electron chi connectivity index (χ1n) is 4.40. The van der Waals surface area contributed by atoms with Gasteiger partial charge in [0.05, 0.1) is 12.8 Å². The van der Waals surface area contributed by atoms with Gasteiger partial charge in [-0.05, 0) is 32.4 Å². The van der Waals surface area contributed by atoms with Crippen LogP contribution in [0.5, 0.6) is 5.75 Å². The van der Waals surface area contributed by atoms with Crippen LogP contribution in [0.2, 0.25) is 0 Å². The number of nitrogens with two attached hydrogens (primary N) is 1. The average Bonchev–Trinajstić information content (AvgIpc) is 2.04. The summed E-state index contributed by atoms with van der Waals surface area (Å²) in [6, 6.07) is 3.74. The molecule has 0 aliphatic carbocycles. The molecular formula is C10H16N2O. The zero-order chi connectivity index (χ0) is 9.73. The SMILES string of the molecule is CC(C)(N)CCOc1cccnc1. The fourth-order valence-electron chi connectivity index (χ4n) is 0.864. The van der Waals surface area contributed by atoms with E-state index >= 15 is 0 Å². The molecule has 72 valence electrons. The Hall–Kier alpha value is -1.09. The van der Waals surface area contributed by atoms with Gasteiger partial charge in [0.2, 0.25) is 0 Å². The van der Waals surface area contributed by atoms with Gasteiger partial charge in [-0.1, -0.05) is 0 Å². The lowest BCUT2D eigenvalue weighted by Crippen LogP contribution is -2.33. The topological polar surface area (TPSA) is 48.1 Å². The van der Waals surface area contributed by atoms with Crippen LogP contribution in [0.15, 0.2) is 24.5 Å². The van der Waals surface area contributed by atoms with Gasteiger partial charge in [-0.15, -0.1) is 0 Å². The largest absolute Gasteiger partial charge is 0.492 e. The molecule has 0 amide bonds. The lowest BCUT2D eigenvalue weighted by atomic mass is 10.0. The van der Waals surface area contributed by atoms with Gasteiger partial charge in [-0.3, -0.25) is 4.98 Å². The molecule has 0 atom stereocenters. The van der Waals surface area contributed by atoms with Crippen molar-refractivity contribution in [2.45, 2.75) is 25.8 Å². The van der Waals surface area contributed by atoms with E-state index in [1.807, 2.05) is 26.0 Å². The molecule has 2 N–H and O–H groups in total. The molecule has 13 heavy (non-hydrogen) atoms. The van der Waals surface area contributed by atoms with Crippen molar-refractivity contribution in [2.75, 3.05) is 6.61 Å². The van der Waals surface area contributed by atoms with E-state index in [0.717, 1.165) is 12.2 Å². The van der Waals surface area contributed by atoms with E-state index in [9.17, 15) is 0 Å². The van der Waals surface area contributed by atoms with E-state index in [4.69, 9.17) is 10.5 Å². The first kappa shape index (κ1) is 9.99. The third kappa shape index (κ3) is 4.48. The monoisotopic (exact) mass is 180 g/mol. The maximum Gasteiger partial charge on any atom is 0.137 e. The maximum atomic E-state index is 5.80. The van der Waals surface area contributed by atoms with Gasteiger partial charge in [-0.2, -0.15) is 0 Å². The normalized spacial score (nSPS) is 11.3. The van der Waals surface area contributed by atoms with Crippen molar-refractivity contribution in [2.24, 2.45) is 5.73 Å². The van der Waals surface area contributed by atoms with E-state index < -0.39 is 0 Å². The Morgan fingerprint density at radius 2 is 2.31 bits per heavy atom. The third-order valence-electron chi connectivity index (χ3n) is 1.65. The summed E-state index contributed by atoms with van der Waals surface area (Å²) in [5.74, 6) is 0.798. The van der Waals surface area contributed by atoms with Crippen LogP contribution in [0.25, 0.3) is 0 Å². The van der Waals surface area contributed by atoms with Crippen LogP contribution in [0, 0.1) is 0 Å². The van der Waals surface area contributed by atoms with Crippen LogP contribution < -0.4 is 10.5 Å². The van der Waals surface area contributed by atoms with Crippen LogP contribution in [-0.4, -0.2) is 17.1 Å². The standard InChI is InChI=1S/C10H16N2O/c1-10(2,11)5-7-13-9-4-3-6-12-8-9/h3-4,6,8H,5,7,11H2,1-2H3. The molecule has 0 spiro atoms. The minimum atomic E-state index is -0.164. The number of aromatic nitrogens is 1. The summed E-state index contributed by atoms with van der Waals surface area (Å²) in [5, 5.41) is 0. The average molecular weight is 180 g/mol. The predicted octanol–water partition coefficient (Wildman–Crippen LogP) is 1.59. The van der Waals surface area contributed by atoms with Crippen LogP contribution in [-0.2, 0) is 0 Å². The van der Waals surface area contributed by atoms with Crippen molar-refractivity contribution in [1.82, 2.24) is 4.98 Å². The molecule has 0 fully saturated rings. The van der Waals surface area contributed by atoms with E-state index in [1.54, 1.807) is 12.4 Å². The predicted molar refractivity (Wildman–Crippen MR) is 52.6 cm³/mol. The molecule has 0 aliphatic heterocycles. The summed E-state index contributed by atoms with van der Waals surface area (Å²) in [5.41, 5.74) is 5.64.